The number of hydrogen-bond donors (Lipinski definition) is 0. The Morgan fingerprint density at radius 1 is 1.08 bits per heavy atom. The number of fused-ring (bicyclic) bond motifs is 1. The molecule has 1 aromatic rings. The molecular weight excluding hydrogens is 318 g/mol. The Hall–Kier alpha value is -2.37. The van der Waals surface area contributed by atoms with Gasteiger partial charge in [-0.15, -0.1) is 0 Å². The largest absolute Gasteiger partial charge is 0.341 e. The van der Waals surface area contributed by atoms with E-state index in [1.165, 1.54) is 4.90 Å². The third-order valence-electron chi connectivity index (χ3n) is 5.58. The van der Waals surface area contributed by atoms with Crippen LogP contribution in [0.15, 0.2) is 30.3 Å². The van der Waals surface area contributed by atoms with Crippen molar-refractivity contribution in [1.82, 2.24) is 14.7 Å². The van der Waals surface area contributed by atoms with Gasteiger partial charge in [0.1, 0.15) is 6.04 Å². The molecule has 132 valence electrons. The summed E-state index contributed by atoms with van der Waals surface area (Å²) in [4.78, 5) is 42.4. The second-order valence-corrected chi connectivity index (χ2v) is 7.11. The van der Waals surface area contributed by atoms with Crippen LogP contribution in [0.3, 0.4) is 0 Å². The summed E-state index contributed by atoms with van der Waals surface area (Å²) in [5.41, 5.74) is 1.15. The van der Waals surface area contributed by atoms with Gasteiger partial charge in [0, 0.05) is 26.1 Å². The van der Waals surface area contributed by atoms with Crippen LogP contribution in [0.1, 0.15) is 31.2 Å². The van der Waals surface area contributed by atoms with Crippen LogP contribution in [-0.2, 0) is 16.0 Å². The van der Waals surface area contributed by atoms with E-state index in [0.717, 1.165) is 24.8 Å². The number of rotatable bonds is 4. The van der Waals surface area contributed by atoms with Gasteiger partial charge in [-0.3, -0.25) is 14.5 Å². The third-order valence-corrected chi connectivity index (χ3v) is 5.58. The smallest absolute Gasteiger partial charge is 0.327 e. The summed E-state index contributed by atoms with van der Waals surface area (Å²) in [6.07, 6.45) is 3.55. The number of carbonyl (C=O) groups is 3. The van der Waals surface area contributed by atoms with Crippen LogP contribution in [0.2, 0.25) is 0 Å². The first-order chi connectivity index (χ1) is 12.1. The highest BCUT2D eigenvalue weighted by Gasteiger charge is 2.51. The van der Waals surface area contributed by atoms with Crippen molar-refractivity contribution in [3.05, 3.63) is 35.9 Å². The zero-order chi connectivity index (χ0) is 17.4. The monoisotopic (exact) mass is 341 g/mol. The lowest BCUT2D eigenvalue weighted by molar-refractivity contribution is -0.132. The number of benzene rings is 1. The Kier molecular flexibility index (Phi) is 4.19. The molecule has 0 unspecified atom stereocenters. The molecule has 0 bridgehead atoms. The number of hydrogen-bond acceptors (Lipinski definition) is 3. The summed E-state index contributed by atoms with van der Waals surface area (Å²) in [6.45, 7) is 1.78. The first-order valence-corrected chi connectivity index (χ1v) is 9.10. The second-order valence-electron chi connectivity index (χ2n) is 7.11. The molecule has 4 rings (SSSR count). The molecule has 0 aromatic heterocycles. The van der Waals surface area contributed by atoms with E-state index in [-0.39, 0.29) is 29.9 Å². The fraction of sp³-hybridized carbons (Fsp3) is 0.526. The maximum atomic E-state index is 12.5. The quantitative estimate of drug-likeness (QED) is 0.783. The summed E-state index contributed by atoms with van der Waals surface area (Å²) in [6, 6.07) is 9.39. The van der Waals surface area contributed by atoms with Crippen molar-refractivity contribution in [1.29, 1.82) is 0 Å². The minimum absolute atomic E-state index is 0.0638. The predicted octanol–water partition coefficient (Wildman–Crippen LogP) is 1.65. The average molecular weight is 341 g/mol. The van der Waals surface area contributed by atoms with E-state index in [1.54, 1.807) is 9.80 Å². The number of carbonyl (C=O) groups excluding carboxylic acids is 3. The highest BCUT2D eigenvalue weighted by molar-refractivity contribution is 6.05. The summed E-state index contributed by atoms with van der Waals surface area (Å²) in [5, 5.41) is 0. The molecule has 25 heavy (non-hydrogen) atoms. The Balaban J connectivity index is 1.34. The SMILES string of the molecule is O=C(CCc1ccccc1)N1CC[C@H](N2C(=O)[C@H]3CCCN3C2=O)C1. The van der Waals surface area contributed by atoms with Crippen LogP contribution < -0.4 is 0 Å². The molecule has 2 atom stereocenters. The minimum Gasteiger partial charge on any atom is -0.341 e. The van der Waals surface area contributed by atoms with Crippen molar-refractivity contribution in [3.63, 3.8) is 0 Å². The molecule has 0 radical (unpaired) electrons. The first-order valence-electron chi connectivity index (χ1n) is 9.10. The highest BCUT2D eigenvalue weighted by atomic mass is 16.2. The van der Waals surface area contributed by atoms with Gasteiger partial charge in [0.2, 0.25) is 5.91 Å². The van der Waals surface area contributed by atoms with Gasteiger partial charge in [0.05, 0.1) is 6.04 Å². The number of nitrogens with zero attached hydrogens (tertiary/aromatic N) is 3. The van der Waals surface area contributed by atoms with Crippen LogP contribution in [0, 0.1) is 0 Å². The molecule has 3 saturated heterocycles. The molecule has 0 aliphatic carbocycles. The van der Waals surface area contributed by atoms with Crippen LogP contribution >= 0.6 is 0 Å². The van der Waals surface area contributed by atoms with E-state index in [2.05, 4.69) is 0 Å². The van der Waals surface area contributed by atoms with Crippen molar-refractivity contribution in [3.8, 4) is 0 Å². The lowest BCUT2D eigenvalue weighted by Gasteiger charge is -2.23. The number of likely N-dealkylation sites (tertiary alicyclic amines) is 1. The van der Waals surface area contributed by atoms with Crippen LogP contribution in [0.4, 0.5) is 4.79 Å². The van der Waals surface area contributed by atoms with Gasteiger partial charge in [-0.25, -0.2) is 4.79 Å². The average Bonchev–Trinajstić information content (AvgIpc) is 3.33. The standard InChI is InChI=1S/C19H23N3O3/c23-17(9-8-14-5-2-1-3-6-14)20-12-10-15(13-20)22-18(24)16-7-4-11-21(16)19(22)25/h1-3,5-6,15-16H,4,7-13H2/t15-,16+/m0/s1. The van der Waals surface area contributed by atoms with E-state index >= 15 is 0 Å². The molecule has 6 nitrogen and oxygen atoms in total. The minimum atomic E-state index is -0.254. The van der Waals surface area contributed by atoms with Crippen LogP contribution in [-0.4, -0.2) is 64.3 Å². The highest BCUT2D eigenvalue weighted by Crippen LogP contribution is 2.31. The Bertz CT molecular complexity index is 668. The molecule has 4 amide bonds. The van der Waals surface area contributed by atoms with Crippen molar-refractivity contribution in [2.45, 2.75) is 44.2 Å². The van der Waals surface area contributed by atoms with Crippen molar-refractivity contribution in [2.24, 2.45) is 0 Å². The second kappa shape index (κ2) is 6.50. The van der Waals surface area contributed by atoms with Gasteiger partial charge in [0.15, 0.2) is 0 Å². The van der Waals surface area contributed by atoms with E-state index in [9.17, 15) is 14.4 Å². The first kappa shape index (κ1) is 16.1. The van der Waals surface area contributed by atoms with E-state index < -0.39 is 0 Å². The van der Waals surface area contributed by atoms with Crippen molar-refractivity contribution in [2.75, 3.05) is 19.6 Å². The van der Waals surface area contributed by atoms with E-state index in [4.69, 9.17) is 0 Å². The van der Waals surface area contributed by atoms with Gasteiger partial charge in [-0.2, -0.15) is 0 Å². The zero-order valence-corrected chi connectivity index (χ0v) is 14.3. The van der Waals surface area contributed by atoms with Crippen molar-refractivity contribution >= 4 is 17.8 Å². The summed E-state index contributed by atoms with van der Waals surface area (Å²) in [5.74, 6) is 0.0389. The fourth-order valence-corrected chi connectivity index (χ4v) is 4.21. The maximum Gasteiger partial charge on any atom is 0.327 e. The van der Waals surface area contributed by atoms with Gasteiger partial charge in [-0.05, 0) is 31.2 Å². The third kappa shape index (κ3) is 2.90. The molecule has 0 spiro atoms. The molecule has 0 N–H and O–H groups in total. The molecule has 0 saturated carbocycles. The molecule has 3 fully saturated rings. The summed E-state index contributed by atoms with van der Waals surface area (Å²) in [7, 11) is 0. The zero-order valence-electron chi connectivity index (χ0n) is 14.3. The topological polar surface area (TPSA) is 60.9 Å². The number of amides is 4. The summed E-state index contributed by atoms with van der Waals surface area (Å²) >= 11 is 0. The molecule has 3 aliphatic heterocycles. The Labute approximate surface area is 147 Å². The van der Waals surface area contributed by atoms with E-state index in [1.807, 2.05) is 30.3 Å². The summed E-state index contributed by atoms with van der Waals surface area (Å²) < 4.78 is 0. The molecule has 3 aliphatic rings. The molecular formula is C19H23N3O3. The predicted molar refractivity (Wildman–Crippen MR) is 91.7 cm³/mol. The maximum absolute atomic E-state index is 12.5. The van der Waals surface area contributed by atoms with Gasteiger partial charge in [0.25, 0.3) is 5.91 Å². The molecule has 6 heteroatoms. The lowest BCUT2D eigenvalue weighted by Crippen LogP contribution is -2.44. The molecule has 3 heterocycles. The van der Waals surface area contributed by atoms with Crippen molar-refractivity contribution < 1.29 is 14.4 Å². The number of urea groups is 1. The van der Waals surface area contributed by atoms with E-state index in [0.29, 0.717) is 32.5 Å². The van der Waals surface area contributed by atoms with Crippen LogP contribution in [0.5, 0.6) is 0 Å². The normalized spacial score (nSPS) is 25.8. The lowest BCUT2D eigenvalue weighted by atomic mass is 10.1. The van der Waals surface area contributed by atoms with Gasteiger partial charge in [-0.1, -0.05) is 30.3 Å². The van der Waals surface area contributed by atoms with Crippen LogP contribution in [0.25, 0.3) is 0 Å². The Morgan fingerprint density at radius 2 is 1.88 bits per heavy atom. The Morgan fingerprint density at radius 3 is 2.64 bits per heavy atom. The molecule has 1 aromatic carbocycles. The number of imide groups is 1. The number of aryl methyl sites for hydroxylation is 1. The fourth-order valence-electron chi connectivity index (χ4n) is 4.21. The van der Waals surface area contributed by atoms with Gasteiger partial charge >= 0.3 is 6.03 Å². The van der Waals surface area contributed by atoms with Gasteiger partial charge < -0.3 is 9.80 Å².